The molecule has 0 aliphatic heterocycles. The van der Waals surface area contributed by atoms with E-state index in [-0.39, 0.29) is 5.91 Å². The summed E-state index contributed by atoms with van der Waals surface area (Å²) in [5, 5.41) is 2.97. The van der Waals surface area contributed by atoms with Gasteiger partial charge in [0.25, 0.3) is 0 Å². The molecule has 3 N–H and O–H groups in total. The maximum absolute atomic E-state index is 12.3. The lowest BCUT2D eigenvalue weighted by molar-refractivity contribution is -0.127. The smallest absolute Gasteiger partial charge is 0.240 e. The Kier molecular flexibility index (Phi) is 4.60. The summed E-state index contributed by atoms with van der Waals surface area (Å²) in [6.07, 6.45) is 6.59. The average molecular weight is 276 g/mol. The number of rotatable bonds is 4. The number of nitrogens with one attached hydrogen (secondary N) is 1. The molecule has 5 nitrogen and oxygen atoms in total. The van der Waals surface area contributed by atoms with Crippen molar-refractivity contribution in [2.75, 3.05) is 19.0 Å². The van der Waals surface area contributed by atoms with Crippen molar-refractivity contribution in [2.24, 2.45) is 5.73 Å². The number of aromatic nitrogens is 1. The molecule has 1 aliphatic carbocycles. The SMILES string of the molecule is CN(C)c1ncccc1CNC(=O)C1(N)CCCCC1. The summed E-state index contributed by atoms with van der Waals surface area (Å²) in [5.74, 6) is 0.841. The van der Waals surface area contributed by atoms with Crippen LogP contribution in [0.5, 0.6) is 0 Å². The molecule has 1 aliphatic rings. The van der Waals surface area contributed by atoms with Crippen molar-refractivity contribution >= 4 is 11.7 Å². The van der Waals surface area contributed by atoms with E-state index in [1.165, 1.54) is 6.42 Å². The van der Waals surface area contributed by atoms with E-state index in [1.54, 1.807) is 6.20 Å². The zero-order valence-electron chi connectivity index (χ0n) is 12.4. The first-order valence-corrected chi connectivity index (χ1v) is 7.21. The van der Waals surface area contributed by atoms with Crippen LogP contribution in [0.3, 0.4) is 0 Å². The summed E-state index contributed by atoms with van der Waals surface area (Å²) >= 11 is 0. The summed E-state index contributed by atoms with van der Waals surface area (Å²) in [7, 11) is 3.89. The van der Waals surface area contributed by atoms with Crippen LogP contribution < -0.4 is 16.0 Å². The third-order valence-corrected chi connectivity index (χ3v) is 3.93. The third kappa shape index (κ3) is 3.28. The summed E-state index contributed by atoms with van der Waals surface area (Å²) in [4.78, 5) is 18.6. The highest BCUT2D eigenvalue weighted by Crippen LogP contribution is 2.26. The Balaban J connectivity index is 2.00. The Labute approximate surface area is 120 Å². The van der Waals surface area contributed by atoms with Crippen LogP contribution >= 0.6 is 0 Å². The van der Waals surface area contributed by atoms with Crippen LogP contribution in [0.15, 0.2) is 18.3 Å². The van der Waals surface area contributed by atoms with Gasteiger partial charge >= 0.3 is 0 Å². The van der Waals surface area contributed by atoms with Crippen molar-refractivity contribution in [1.29, 1.82) is 0 Å². The molecule has 1 aromatic rings. The maximum Gasteiger partial charge on any atom is 0.240 e. The molecule has 0 atom stereocenters. The predicted molar refractivity (Wildman–Crippen MR) is 80.4 cm³/mol. The minimum atomic E-state index is -0.682. The van der Waals surface area contributed by atoms with E-state index in [2.05, 4.69) is 10.3 Å². The lowest BCUT2D eigenvalue weighted by Crippen LogP contribution is -2.54. The molecule has 0 unspecified atom stereocenters. The molecule has 1 fully saturated rings. The summed E-state index contributed by atoms with van der Waals surface area (Å²) < 4.78 is 0. The molecular formula is C15H24N4O. The number of nitrogens with two attached hydrogens (primary N) is 1. The molecule has 1 saturated carbocycles. The highest BCUT2D eigenvalue weighted by atomic mass is 16.2. The van der Waals surface area contributed by atoms with Gasteiger partial charge in [0, 0.05) is 32.4 Å². The van der Waals surface area contributed by atoms with Crippen molar-refractivity contribution in [1.82, 2.24) is 10.3 Å². The highest BCUT2D eigenvalue weighted by molar-refractivity contribution is 5.86. The van der Waals surface area contributed by atoms with Gasteiger partial charge in [0.15, 0.2) is 0 Å². The fourth-order valence-electron chi connectivity index (χ4n) is 2.73. The normalized spacial score (nSPS) is 17.6. The number of hydrogen-bond donors (Lipinski definition) is 2. The first kappa shape index (κ1) is 14.8. The van der Waals surface area contributed by atoms with Crippen molar-refractivity contribution in [2.45, 2.75) is 44.2 Å². The van der Waals surface area contributed by atoms with Crippen LogP contribution in [-0.4, -0.2) is 30.5 Å². The molecule has 0 radical (unpaired) electrons. The zero-order valence-corrected chi connectivity index (χ0v) is 12.4. The largest absolute Gasteiger partial charge is 0.362 e. The third-order valence-electron chi connectivity index (χ3n) is 3.93. The summed E-state index contributed by atoms with van der Waals surface area (Å²) in [5.41, 5.74) is 6.55. The van der Waals surface area contributed by atoms with Gasteiger partial charge in [-0.3, -0.25) is 4.79 Å². The standard InChI is InChI=1S/C15H24N4O/c1-19(2)13-12(7-6-10-17-13)11-18-14(20)15(16)8-4-3-5-9-15/h6-7,10H,3-5,8-9,11,16H2,1-2H3,(H,18,20). The van der Waals surface area contributed by atoms with Crippen LogP contribution in [0.25, 0.3) is 0 Å². The summed E-state index contributed by atoms with van der Waals surface area (Å²) in [6, 6.07) is 3.86. The molecule has 5 heteroatoms. The Morgan fingerprint density at radius 3 is 2.75 bits per heavy atom. The molecule has 0 bridgehead atoms. The fourth-order valence-corrected chi connectivity index (χ4v) is 2.73. The second-order valence-corrected chi connectivity index (χ2v) is 5.78. The topological polar surface area (TPSA) is 71.2 Å². The van der Waals surface area contributed by atoms with E-state index in [0.29, 0.717) is 6.54 Å². The number of carbonyl (C=O) groups is 1. The van der Waals surface area contributed by atoms with Gasteiger partial charge in [0.1, 0.15) is 5.82 Å². The Morgan fingerprint density at radius 2 is 2.10 bits per heavy atom. The number of carbonyl (C=O) groups excluding carboxylic acids is 1. The minimum absolute atomic E-state index is 0.0363. The van der Waals surface area contributed by atoms with Crippen molar-refractivity contribution in [3.05, 3.63) is 23.9 Å². The van der Waals surface area contributed by atoms with Gasteiger partial charge in [-0.05, 0) is 18.9 Å². The van der Waals surface area contributed by atoms with Crippen molar-refractivity contribution in [3.8, 4) is 0 Å². The minimum Gasteiger partial charge on any atom is -0.362 e. The van der Waals surface area contributed by atoms with Gasteiger partial charge in [0.05, 0.1) is 5.54 Å². The number of nitrogens with zero attached hydrogens (tertiary/aromatic N) is 2. The highest BCUT2D eigenvalue weighted by Gasteiger charge is 2.34. The van der Waals surface area contributed by atoms with E-state index in [9.17, 15) is 4.79 Å². The van der Waals surface area contributed by atoms with E-state index in [4.69, 9.17) is 5.73 Å². The van der Waals surface area contributed by atoms with E-state index < -0.39 is 5.54 Å². The quantitative estimate of drug-likeness (QED) is 0.872. The number of amides is 1. The summed E-state index contributed by atoms with van der Waals surface area (Å²) in [6.45, 7) is 0.471. The van der Waals surface area contributed by atoms with Crippen LogP contribution in [0.2, 0.25) is 0 Å². The maximum atomic E-state index is 12.3. The Morgan fingerprint density at radius 1 is 1.40 bits per heavy atom. The molecule has 2 rings (SSSR count). The molecule has 0 aromatic carbocycles. The molecule has 110 valence electrons. The first-order valence-electron chi connectivity index (χ1n) is 7.21. The van der Waals surface area contributed by atoms with Gasteiger partial charge < -0.3 is 16.0 Å². The van der Waals surface area contributed by atoms with Crippen LogP contribution in [-0.2, 0) is 11.3 Å². The molecule has 20 heavy (non-hydrogen) atoms. The average Bonchev–Trinajstić information content (AvgIpc) is 2.45. The Hall–Kier alpha value is -1.62. The monoisotopic (exact) mass is 276 g/mol. The van der Waals surface area contributed by atoms with E-state index >= 15 is 0 Å². The van der Waals surface area contributed by atoms with Gasteiger partial charge in [-0.2, -0.15) is 0 Å². The van der Waals surface area contributed by atoms with E-state index in [0.717, 1.165) is 37.1 Å². The van der Waals surface area contributed by atoms with Gasteiger partial charge in [0.2, 0.25) is 5.91 Å². The van der Waals surface area contributed by atoms with Crippen molar-refractivity contribution < 1.29 is 4.79 Å². The van der Waals surface area contributed by atoms with Gasteiger partial charge in [-0.25, -0.2) is 4.98 Å². The predicted octanol–water partition coefficient (Wildman–Crippen LogP) is 1.43. The molecule has 0 spiro atoms. The van der Waals surface area contributed by atoms with Crippen LogP contribution in [0.1, 0.15) is 37.7 Å². The molecule has 0 saturated heterocycles. The second kappa shape index (κ2) is 6.22. The fraction of sp³-hybridized carbons (Fsp3) is 0.600. The zero-order chi connectivity index (χ0) is 14.6. The lowest BCUT2D eigenvalue weighted by Gasteiger charge is -2.32. The molecule has 1 aromatic heterocycles. The first-order chi connectivity index (χ1) is 9.53. The van der Waals surface area contributed by atoms with Crippen LogP contribution in [0.4, 0.5) is 5.82 Å². The lowest BCUT2D eigenvalue weighted by atomic mass is 9.82. The van der Waals surface area contributed by atoms with Crippen LogP contribution in [0, 0.1) is 0 Å². The second-order valence-electron chi connectivity index (χ2n) is 5.78. The Bertz CT molecular complexity index is 467. The number of pyridine rings is 1. The van der Waals surface area contributed by atoms with Gasteiger partial charge in [-0.1, -0.05) is 25.3 Å². The molecule has 1 heterocycles. The molecular weight excluding hydrogens is 252 g/mol. The number of anilines is 1. The molecule has 1 amide bonds. The van der Waals surface area contributed by atoms with E-state index in [1.807, 2.05) is 31.1 Å². The van der Waals surface area contributed by atoms with Gasteiger partial charge in [-0.15, -0.1) is 0 Å². The van der Waals surface area contributed by atoms with Crippen molar-refractivity contribution in [3.63, 3.8) is 0 Å². The number of hydrogen-bond acceptors (Lipinski definition) is 4.